The molecule has 118 valence electrons. The van der Waals surface area contributed by atoms with Crippen LogP contribution in [0.5, 0.6) is 0 Å². The summed E-state index contributed by atoms with van der Waals surface area (Å²) in [6.07, 6.45) is 3.04. The van der Waals surface area contributed by atoms with Gasteiger partial charge >= 0.3 is 0 Å². The summed E-state index contributed by atoms with van der Waals surface area (Å²) >= 11 is 0. The molecule has 2 heterocycles. The first kappa shape index (κ1) is 16.2. The maximum absolute atomic E-state index is 12.3. The van der Waals surface area contributed by atoms with Crippen LogP contribution < -0.4 is 10.5 Å². The van der Waals surface area contributed by atoms with Crippen LogP contribution in [0.4, 0.5) is 0 Å². The number of nitrogens with zero attached hydrogens (tertiary/aromatic N) is 2. The first-order chi connectivity index (χ1) is 9.55. The standard InChI is InChI=1S/C13H28N4O2S/c1-2-16-7-5-13(10-16)9-15-20(18,19)17-6-3-4-12(8-14)11-17/h12-13,15H,2-11,14H2,1H3. The number of nitrogens with one attached hydrogen (secondary N) is 1. The van der Waals surface area contributed by atoms with Gasteiger partial charge in [0.15, 0.2) is 0 Å². The SMILES string of the molecule is CCN1CCC(CNS(=O)(=O)N2CCCC(CN)C2)C1. The second-order valence-electron chi connectivity index (χ2n) is 6.00. The van der Waals surface area contributed by atoms with Crippen LogP contribution in [0.3, 0.4) is 0 Å². The molecular formula is C13H28N4O2S. The predicted octanol–water partition coefficient (Wildman–Crippen LogP) is -0.167. The lowest BCUT2D eigenvalue weighted by Gasteiger charge is -2.31. The predicted molar refractivity (Wildman–Crippen MR) is 80.5 cm³/mol. The van der Waals surface area contributed by atoms with Gasteiger partial charge in [-0.05, 0) is 50.7 Å². The Labute approximate surface area is 122 Å². The van der Waals surface area contributed by atoms with Crippen LogP contribution in [0.1, 0.15) is 26.2 Å². The van der Waals surface area contributed by atoms with E-state index in [9.17, 15) is 8.42 Å². The maximum atomic E-state index is 12.3. The average Bonchev–Trinajstić information content (AvgIpc) is 2.93. The lowest BCUT2D eigenvalue weighted by atomic mass is 10.0. The van der Waals surface area contributed by atoms with Crippen LogP contribution in [0.15, 0.2) is 0 Å². The van der Waals surface area contributed by atoms with Crippen molar-refractivity contribution in [1.29, 1.82) is 0 Å². The normalized spacial score (nSPS) is 29.9. The molecule has 6 nitrogen and oxygen atoms in total. The minimum Gasteiger partial charge on any atom is -0.330 e. The molecule has 0 spiro atoms. The minimum atomic E-state index is -3.33. The number of likely N-dealkylation sites (tertiary alicyclic amines) is 1. The summed E-state index contributed by atoms with van der Waals surface area (Å²) in [7, 11) is -3.33. The molecule has 2 unspecified atom stereocenters. The topological polar surface area (TPSA) is 78.7 Å². The van der Waals surface area contributed by atoms with Crippen LogP contribution in [-0.2, 0) is 10.2 Å². The van der Waals surface area contributed by atoms with Crippen molar-refractivity contribution in [1.82, 2.24) is 13.9 Å². The van der Waals surface area contributed by atoms with E-state index in [2.05, 4.69) is 16.5 Å². The van der Waals surface area contributed by atoms with Gasteiger partial charge in [-0.1, -0.05) is 6.92 Å². The molecule has 2 rings (SSSR count). The smallest absolute Gasteiger partial charge is 0.279 e. The van der Waals surface area contributed by atoms with E-state index in [1.165, 1.54) is 0 Å². The van der Waals surface area contributed by atoms with Gasteiger partial charge in [0.05, 0.1) is 0 Å². The van der Waals surface area contributed by atoms with E-state index in [1.807, 2.05) is 0 Å². The van der Waals surface area contributed by atoms with Gasteiger partial charge < -0.3 is 10.6 Å². The van der Waals surface area contributed by atoms with Gasteiger partial charge in [0.25, 0.3) is 10.2 Å². The number of piperidine rings is 1. The summed E-state index contributed by atoms with van der Waals surface area (Å²) in [4.78, 5) is 2.37. The van der Waals surface area contributed by atoms with Gasteiger partial charge in [0.1, 0.15) is 0 Å². The Morgan fingerprint density at radius 1 is 1.20 bits per heavy atom. The zero-order valence-corrected chi connectivity index (χ0v) is 13.2. The molecule has 2 aliphatic rings. The summed E-state index contributed by atoms with van der Waals surface area (Å²) in [6, 6.07) is 0. The van der Waals surface area contributed by atoms with Crippen molar-refractivity contribution in [2.24, 2.45) is 17.6 Å². The van der Waals surface area contributed by atoms with Gasteiger partial charge in [-0.25, -0.2) is 4.72 Å². The molecule has 20 heavy (non-hydrogen) atoms. The maximum Gasteiger partial charge on any atom is 0.279 e. The van der Waals surface area contributed by atoms with Crippen LogP contribution in [0, 0.1) is 11.8 Å². The number of nitrogens with two attached hydrogens (primary N) is 1. The molecule has 0 aliphatic carbocycles. The molecule has 2 saturated heterocycles. The summed E-state index contributed by atoms with van der Waals surface area (Å²) in [5.41, 5.74) is 5.67. The molecule has 2 atom stereocenters. The van der Waals surface area contributed by atoms with Crippen molar-refractivity contribution >= 4 is 10.2 Å². The number of hydrogen-bond acceptors (Lipinski definition) is 4. The van der Waals surface area contributed by atoms with E-state index in [-0.39, 0.29) is 0 Å². The summed E-state index contributed by atoms with van der Waals surface area (Å²) < 4.78 is 29.0. The molecule has 7 heteroatoms. The molecular weight excluding hydrogens is 276 g/mol. The highest BCUT2D eigenvalue weighted by Crippen LogP contribution is 2.19. The molecule has 0 aromatic carbocycles. The van der Waals surface area contributed by atoms with Crippen molar-refractivity contribution in [2.45, 2.75) is 26.2 Å². The highest BCUT2D eigenvalue weighted by atomic mass is 32.2. The van der Waals surface area contributed by atoms with Crippen LogP contribution in [0.25, 0.3) is 0 Å². The van der Waals surface area contributed by atoms with Crippen molar-refractivity contribution in [2.75, 3.05) is 45.8 Å². The van der Waals surface area contributed by atoms with E-state index in [1.54, 1.807) is 4.31 Å². The van der Waals surface area contributed by atoms with Gasteiger partial charge in [0.2, 0.25) is 0 Å². The highest BCUT2D eigenvalue weighted by Gasteiger charge is 2.29. The quantitative estimate of drug-likeness (QED) is 0.714. The highest BCUT2D eigenvalue weighted by molar-refractivity contribution is 7.87. The molecule has 0 aromatic rings. The Kier molecular flexibility index (Phi) is 5.80. The summed E-state index contributed by atoms with van der Waals surface area (Å²) in [5, 5.41) is 0. The Bertz CT molecular complexity index is 401. The third-order valence-electron chi connectivity index (χ3n) is 4.53. The Morgan fingerprint density at radius 3 is 2.65 bits per heavy atom. The zero-order chi connectivity index (χ0) is 14.6. The Morgan fingerprint density at radius 2 is 2.00 bits per heavy atom. The fourth-order valence-electron chi connectivity index (χ4n) is 3.12. The Balaban J connectivity index is 1.81. The fourth-order valence-corrected chi connectivity index (χ4v) is 4.52. The lowest BCUT2D eigenvalue weighted by molar-refractivity contribution is 0.267. The third kappa shape index (κ3) is 4.14. The second kappa shape index (κ2) is 7.17. The largest absolute Gasteiger partial charge is 0.330 e. The molecule has 0 aromatic heterocycles. The first-order valence-electron chi connectivity index (χ1n) is 7.72. The summed E-state index contributed by atoms with van der Waals surface area (Å²) in [6.45, 7) is 7.60. The third-order valence-corrected chi connectivity index (χ3v) is 6.07. The van der Waals surface area contributed by atoms with Crippen molar-refractivity contribution in [3.05, 3.63) is 0 Å². The number of rotatable bonds is 6. The van der Waals surface area contributed by atoms with Gasteiger partial charge in [-0.15, -0.1) is 0 Å². The first-order valence-corrected chi connectivity index (χ1v) is 9.16. The monoisotopic (exact) mass is 304 g/mol. The molecule has 2 fully saturated rings. The second-order valence-corrected chi connectivity index (χ2v) is 7.76. The number of hydrogen-bond donors (Lipinski definition) is 2. The van der Waals surface area contributed by atoms with E-state index in [0.29, 0.717) is 38.0 Å². The molecule has 3 N–H and O–H groups in total. The zero-order valence-electron chi connectivity index (χ0n) is 12.4. The van der Waals surface area contributed by atoms with Crippen molar-refractivity contribution < 1.29 is 8.42 Å². The average molecular weight is 304 g/mol. The van der Waals surface area contributed by atoms with E-state index >= 15 is 0 Å². The van der Waals surface area contributed by atoms with Gasteiger partial charge in [-0.3, -0.25) is 0 Å². The lowest BCUT2D eigenvalue weighted by Crippen LogP contribution is -2.48. The molecule has 0 radical (unpaired) electrons. The fraction of sp³-hybridized carbons (Fsp3) is 1.00. The molecule has 2 aliphatic heterocycles. The van der Waals surface area contributed by atoms with Crippen LogP contribution >= 0.6 is 0 Å². The molecule has 0 saturated carbocycles. The van der Waals surface area contributed by atoms with E-state index in [4.69, 9.17) is 5.73 Å². The van der Waals surface area contributed by atoms with Crippen LogP contribution in [-0.4, -0.2) is 63.4 Å². The van der Waals surface area contributed by atoms with E-state index < -0.39 is 10.2 Å². The molecule has 0 bridgehead atoms. The van der Waals surface area contributed by atoms with Crippen molar-refractivity contribution in [3.8, 4) is 0 Å². The molecule has 0 amide bonds. The summed E-state index contributed by atoms with van der Waals surface area (Å²) in [5.74, 6) is 0.752. The van der Waals surface area contributed by atoms with E-state index in [0.717, 1.165) is 38.9 Å². The van der Waals surface area contributed by atoms with Crippen LogP contribution in [0.2, 0.25) is 0 Å². The Hall–Kier alpha value is -0.210. The van der Waals surface area contributed by atoms with Gasteiger partial charge in [-0.2, -0.15) is 12.7 Å². The minimum absolute atomic E-state index is 0.308. The van der Waals surface area contributed by atoms with Gasteiger partial charge in [0, 0.05) is 26.2 Å². The van der Waals surface area contributed by atoms with Crippen molar-refractivity contribution in [3.63, 3.8) is 0 Å².